The number of carbonyl (C=O) groups excluding carboxylic acids is 1. The van der Waals surface area contributed by atoms with E-state index < -0.39 is 0 Å². The molecule has 2 aliphatic rings. The van der Waals surface area contributed by atoms with E-state index in [0.717, 1.165) is 48.3 Å². The molecule has 1 amide bonds. The molecule has 1 saturated heterocycles. The third kappa shape index (κ3) is 4.26. The van der Waals surface area contributed by atoms with E-state index in [0.29, 0.717) is 39.8 Å². The van der Waals surface area contributed by atoms with Crippen LogP contribution in [0.25, 0.3) is 16.6 Å². The molecular weight excluding hydrogens is 478 g/mol. The van der Waals surface area contributed by atoms with Crippen molar-refractivity contribution in [1.82, 2.24) is 24.5 Å². The predicted octanol–water partition coefficient (Wildman–Crippen LogP) is 4.16. The van der Waals surface area contributed by atoms with Crippen molar-refractivity contribution in [2.45, 2.75) is 44.7 Å². The smallest absolute Gasteiger partial charge is 0.261 e. The van der Waals surface area contributed by atoms with Crippen LogP contribution >= 0.6 is 11.6 Å². The molecule has 1 aliphatic carbocycles. The van der Waals surface area contributed by atoms with Crippen molar-refractivity contribution in [1.29, 1.82) is 0 Å². The highest BCUT2D eigenvalue weighted by molar-refractivity contribution is 6.35. The van der Waals surface area contributed by atoms with Gasteiger partial charge in [-0.15, -0.1) is 0 Å². The molecule has 36 heavy (non-hydrogen) atoms. The lowest BCUT2D eigenvalue weighted by Crippen LogP contribution is -2.43. The van der Waals surface area contributed by atoms with Gasteiger partial charge in [0, 0.05) is 56.1 Å². The number of piperidine rings is 1. The number of nitrogens with zero attached hydrogens (tertiary/aromatic N) is 5. The Morgan fingerprint density at radius 3 is 2.58 bits per heavy atom. The molecule has 1 saturated carbocycles. The first kappa shape index (κ1) is 23.1. The number of anilines is 2. The SMILES string of the molecule is COc1cc2nn(C)cc2cc1NC(=O)c1c(Cl)cc(N2CCC(NC3CC3)CC2)n2cc(C)nc12. The van der Waals surface area contributed by atoms with Gasteiger partial charge in [0.2, 0.25) is 0 Å². The van der Waals surface area contributed by atoms with E-state index in [9.17, 15) is 4.79 Å². The van der Waals surface area contributed by atoms with Gasteiger partial charge >= 0.3 is 0 Å². The van der Waals surface area contributed by atoms with Gasteiger partial charge in [-0.3, -0.25) is 13.9 Å². The van der Waals surface area contributed by atoms with Gasteiger partial charge in [-0.25, -0.2) is 4.98 Å². The molecule has 1 aromatic carbocycles. The lowest BCUT2D eigenvalue weighted by molar-refractivity contribution is 0.102. The quantitative estimate of drug-likeness (QED) is 0.407. The molecule has 2 fully saturated rings. The van der Waals surface area contributed by atoms with Crippen LogP contribution in [0, 0.1) is 6.92 Å². The highest BCUT2D eigenvalue weighted by Gasteiger charge is 2.29. The Bertz CT molecular complexity index is 1460. The number of benzene rings is 1. The average molecular weight is 508 g/mol. The van der Waals surface area contributed by atoms with Gasteiger partial charge in [0.05, 0.1) is 29.0 Å². The molecule has 10 heteroatoms. The minimum atomic E-state index is -0.337. The van der Waals surface area contributed by atoms with Crippen LogP contribution in [0.4, 0.5) is 11.5 Å². The molecule has 9 nitrogen and oxygen atoms in total. The summed E-state index contributed by atoms with van der Waals surface area (Å²) in [5.74, 6) is 1.16. The number of aromatic nitrogens is 4. The zero-order valence-electron chi connectivity index (χ0n) is 20.7. The van der Waals surface area contributed by atoms with Crippen LogP contribution in [-0.4, -0.2) is 57.4 Å². The summed E-state index contributed by atoms with van der Waals surface area (Å²) in [5.41, 5.74) is 3.05. The number of fused-ring (bicyclic) bond motifs is 2. The molecule has 0 bridgehead atoms. The van der Waals surface area contributed by atoms with Gasteiger partial charge in [-0.1, -0.05) is 11.6 Å². The minimum Gasteiger partial charge on any atom is -0.494 e. The lowest BCUT2D eigenvalue weighted by atomic mass is 10.0. The molecule has 4 heterocycles. The Morgan fingerprint density at radius 1 is 1.11 bits per heavy atom. The van der Waals surface area contributed by atoms with Gasteiger partial charge < -0.3 is 20.3 Å². The van der Waals surface area contributed by atoms with Gasteiger partial charge in [0.1, 0.15) is 17.1 Å². The van der Waals surface area contributed by atoms with Crippen molar-refractivity contribution in [2.75, 3.05) is 30.4 Å². The first-order valence-corrected chi connectivity index (χ1v) is 12.8. The number of amides is 1. The Balaban J connectivity index is 1.31. The first-order chi connectivity index (χ1) is 17.4. The van der Waals surface area contributed by atoms with E-state index in [1.54, 1.807) is 11.8 Å². The van der Waals surface area contributed by atoms with Crippen molar-refractivity contribution in [3.05, 3.63) is 46.9 Å². The molecule has 0 atom stereocenters. The van der Waals surface area contributed by atoms with E-state index in [1.807, 2.05) is 49.0 Å². The fourth-order valence-electron chi connectivity index (χ4n) is 5.15. The zero-order valence-corrected chi connectivity index (χ0v) is 21.5. The summed E-state index contributed by atoms with van der Waals surface area (Å²) in [4.78, 5) is 20.6. The summed E-state index contributed by atoms with van der Waals surface area (Å²) >= 11 is 6.78. The van der Waals surface area contributed by atoms with E-state index in [2.05, 4.69) is 25.6 Å². The van der Waals surface area contributed by atoms with Crippen LogP contribution < -0.4 is 20.3 Å². The van der Waals surface area contributed by atoms with E-state index in [4.69, 9.17) is 16.3 Å². The van der Waals surface area contributed by atoms with Crippen LogP contribution in [0.5, 0.6) is 5.75 Å². The molecule has 188 valence electrons. The molecule has 1 aliphatic heterocycles. The Hall–Kier alpha value is -3.30. The molecule has 0 radical (unpaired) electrons. The van der Waals surface area contributed by atoms with Crippen LogP contribution in [0.3, 0.4) is 0 Å². The summed E-state index contributed by atoms with van der Waals surface area (Å²) in [6.45, 7) is 3.79. The topological polar surface area (TPSA) is 88.7 Å². The van der Waals surface area contributed by atoms with E-state index >= 15 is 0 Å². The number of ether oxygens (including phenoxy) is 1. The Morgan fingerprint density at radius 2 is 1.86 bits per heavy atom. The van der Waals surface area contributed by atoms with Gasteiger partial charge in [-0.05, 0) is 44.7 Å². The number of methoxy groups -OCH3 is 1. The molecule has 2 N–H and O–H groups in total. The second-order valence-electron chi connectivity index (χ2n) is 9.87. The highest BCUT2D eigenvalue weighted by atomic mass is 35.5. The summed E-state index contributed by atoms with van der Waals surface area (Å²) in [5, 5.41) is 12.4. The maximum atomic E-state index is 13.6. The number of hydrogen-bond acceptors (Lipinski definition) is 6. The van der Waals surface area contributed by atoms with Crippen molar-refractivity contribution >= 4 is 45.6 Å². The number of hydrogen-bond donors (Lipinski definition) is 2. The Labute approximate surface area is 214 Å². The maximum Gasteiger partial charge on any atom is 0.261 e. The number of carbonyl (C=O) groups is 1. The van der Waals surface area contributed by atoms with Crippen LogP contribution in [0.2, 0.25) is 5.02 Å². The number of aryl methyl sites for hydroxylation is 2. The summed E-state index contributed by atoms with van der Waals surface area (Å²) in [6, 6.07) is 6.85. The molecule has 3 aromatic heterocycles. The molecule has 4 aromatic rings. The fourth-order valence-corrected chi connectivity index (χ4v) is 5.42. The van der Waals surface area contributed by atoms with Crippen molar-refractivity contribution in [3.8, 4) is 5.75 Å². The lowest BCUT2D eigenvalue weighted by Gasteiger charge is -2.34. The normalized spacial score (nSPS) is 16.7. The number of rotatable bonds is 6. The monoisotopic (exact) mass is 507 g/mol. The van der Waals surface area contributed by atoms with Crippen molar-refractivity contribution < 1.29 is 9.53 Å². The fraction of sp³-hybridized carbons (Fsp3) is 0.423. The van der Waals surface area contributed by atoms with E-state index in [1.165, 1.54) is 12.8 Å². The van der Waals surface area contributed by atoms with Crippen LogP contribution in [0.15, 0.2) is 30.6 Å². The van der Waals surface area contributed by atoms with Gasteiger partial charge in [0.25, 0.3) is 5.91 Å². The molecular formula is C26H30ClN7O2. The minimum absolute atomic E-state index is 0.337. The molecule has 6 rings (SSSR count). The van der Waals surface area contributed by atoms with Crippen molar-refractivity contribution in [2.24, 2.45) is 7.05 Å². The number of imidazole rings is 1. The first-order valence-electron chi connectivity index (χ1n) is 12.4. The van der Waals surface area contributed by atoms with E-state index in [-0.39, 0.29) is 5.91 Å². The number of halogens is 1. The number of nitrogens with one attached hydrogen (secondary N) is 2. The largest absolute Gasteiger partial charge is 0.494 e. The Kier molecular flexibility index (Phi) is 5.76. The van der Waals surface area contributed by atoms with Gasteiger partial charge in [-0.2, -0.15) is 5.10 Å². The molecule has 0 spiro atoms. The number of pyridine rings is 1. The summed E-state index contributed by atoms with van der Waals surface area (Å²) in [6.07, 6.45) is 8.64. The summed E-state index contributed by atoms with van der Waals surface area (Å²) < 4.78 is 9.25. The average Bonchev–Trinajstić information content (AvgIpc) is 3.46. The zero-order chi connectivity index (χ0) is 25.0. The van der Waals surface area contributed by atoms with Crippen molar-refractivity contribution in [3.63, 3.8) is 0 Å². The maximum absolute atomic E-state index is 13.6. The standard InChI is InChI=1S/C26H30ClN7O2/c1-15-13-34-23(33-8-6-18(7-9-33)29-17-4-5-17)11-19(27)24(25(34)28-15)26(35)30-21-10-16-14-32(2)31-20(16)12-22(21)36-3/h10-14,17-18,29H,4-9H2,1-3H3,(H,30,35). The third-order valence-corrected chi connectivity index (χ3v) is 7.37. The predicted molar refractivity (Wildman–Crippen MR) is 142 cm³/mol. The third-order valence-electron chi connectivity index (χ3n) is 7.07. The van der Waals surface area contributed by atoms with Crippen LogP contribution in [0.1, 0.15) is 41.7 Å². The summed E-state index contributed by atoms with van der Waals surface area (Å²) in [7, 11) is 3.43. The second kappa shape index (κ2) is 8.97. The second-order valence-corrected chi connectivity index (χ2v) is 10.3. The van der Waals surface area contributed by atoms with Gasteiger partial charge in [0.15, 0.2) is 5.65 Å². The molecule has 0 unspecified atom stereocenters. The van der Waals surface area contributed by atoms with Crippen LogP contribution in [-0.2, 0) is 7.05 Å². The highest BCUT2D eigenvalue weighted by Crippen LogP contribution is 2.34.